The maximum Gasteiger partial charge on any atom is 0.418 e. The number of hydrogen-bond acceptors (Lipinski definition) is 1. The van der Waals surface area contributed by atoms with Gasteiger partial charge < -0.3 is 0 Å². The summed E-state index contributed by atoms with van der Waals surface area (Å²) in [5.41, 5.74) is 6.38. The summed E-state index contributed by atoms with van der Waals surface area (Å²) in [7, 11) is 0.115. The van der Waals surface area contributed by atoms with Crippen LogP contribution in [0.1, 0.15) is 68.0 Å². The first kappa shape index (κ1) is 24.5. The molecule has 0 atom stereocenters. The largest absolute Gasteiger partial charge is 0.418 e. The van der Waals surface area contributed by atoms with Gasteiger partial charge in [-0.3, -0.25) is 4.98 Å². The Morgan fingerprint density at radius 2 is 1.44 bits per heavy atom. The SMILES string of the molecule is Cc1cc(C)cc(-c2ncc(C(F)(F)F)c3c2[Si]C(c2ccc(C(C)(C)C)cc2)=C3C(C)C)c1. The molecule has 0 aliphatic carbocycles. The van der Waals surface area contributed by atoms with Gasteiger partial charge in [-0.25, -0.2) is 0 Å². The van der Waals surface area contributed by atoms with Crippen LogP contribution in [0.25, 0.3) is 22.0 Å². The molecule has 0 bridgehead atoms. The van der Waals surface area contributed by atoms with Gasteiger partial charge in [-0.05, 0) is 70.0 Å². The quantitative estimate of drug-likeness (QED) is 0.355. The van der Waals surface area contributed by atoms with Crippen molar-refractivity contribution < 1.29 is 13.2 Å². The van der Waals surface area contributed by atoms with E-state index in [0.29, 0.717) is 16.4 Å². The first-order valence-corrected chi connectivity index (χ1v) is 12.6. The smallest absolute Gasteiger partial charge is 0.256 e. The Morgan fingerprint density at radius 3 is 1.94 bits per heavy atom. The summed E-state index contributed by atoms with van der Waals surface area (Å²) >= 11 is 0. The number of benzene rings is 2. The van der Waals surface area contributed by atoms with Crippen LogP contribution in [-0.2, 0) is 11.6 Å². The average molecular weight is 478 g/mol. The van der Waals surface area contributed by atoms with E-state index in [1.165, 1.54) is 5.56 Å². The highest BCUT2D eigenvalue weighted by Gasteiger charge is 2.40. The minimum absolute atomic E-state index is 0.0122. The summed E-state index contributed by atoms with van der Waals surface area (Å²) in [6, 6.07) is 14.4. The number of aromatic nitrogens is 1. The Morgan fingerprint density at radius 1 is 0.853 bits per heavy atom. The van der Waals surface area contributed by atoms with E-state index in [1.54, 1.807) is 0 Å². The molecule has 2 aromatic carbocycles. The zero-order valence-corrected chi connectivity index (χ0v) is 21.8. The van der Waals surface area contributed by atoms with Gasteiger partial charge in [0.05, 0.1) is 11.3 Å². The highest BCUT2D eigenvalue weighted by Crippen LogP contribution is 2.43. The number of rotatable bonds is 3. The van der Waals surface area contributed by atoms with E-state index in [9.17, 15) is 13.2 Å². The summed E-state index contributed by atoms with van der Waals surface area (Å²) in [4.78, 5) is 4.40. The molecule has 1 aromatic heterocycles. The summed E-state index contributed by atoms with van der Waals surface area (Å²) in [5.74, 6) is -0.0540. The van der Waals surface area contributed by atoms with Crippen molar-refractivity contribution in [3.63, 3.8) is 0 Å². The van der Waals surface area contributed by atoms with Crippen LogP contribution in [-0.4, -0.2) is 14.5 Å². The molecule has 1 aliphatic rings. The van der Waals surface area contributed by atoms with Crippen molar-refractivity contribution >= 4 is 25.5 Å². The molecular formula is C29H30F3NSi. The van der Waals surface area contributed by atoms with E-state index in [2.05, 4.69) is 56.1 Å². The lowest BCUT2D eigenvalue weighted by atomic mass is 9.86. The normalized spacial score (nSPS) is 14.2. The van der Waals surface area contributed by atoms with E-state index < -0.39 is 11.7 Å². The lowest BCUT2D eigenvalue weighted by Crippen LogP contribution is -2.23. The minimum atomic E-state index is -4.46. The first-order chi connectivity index (χ1) is 15.8. The van der Waals surface area contributed by atoms with E-state index in [-0.39, 0.29) is 20.9 Å². The fraction of sp³-hybridized carbons (Fsp3) is 0.345. The molecule has 176 valence electrons. The minimum Gasteiger partial charge on any atom is -0.256 e. The first-order valence-electron chi connectivity index (χ1n) is 11.6. The summed E-state index contributed by atoms with van der Waals surface area (Å²) in [6.45, 7) is 14.4. The molecule has 0 unspecified atom stereocenters. The van der Waals surface area contributed by atoms with Crippen molar-refractivity contribution in [2.75, 3.05) is 0 Å². The Bertz CT molecular complexity index is 1260. The molecule has 0 saturated heterocycles. The topological polar surface area (TPSA) is 12.9 Å². The second-order valence-corrected chi connectivity index (χ2v) is 11.8. The van der Waals surface area contributed by atoms with Crippen LogP contribution in [0, 0.1) is 19.8 Å². The summed E-state index contributed by atoms with van der Waals surface area (Å²) in [6.07, 6.45) is -3.43. The van der Waals surface area contributed by atoms with Crippen molar-refractivity contribution in [1.29, 1.82) is 0 Å². The molecular weight excluding hydrogens is 447 g/mol. The zero-order valence-electron chi connectivity index (χ0n) is 20.8. The van der Waals surface area contributed by atoms with Crippen LogP contribution < -0.4 is 5.19 Å². The number of fused-ring (bicyclic) bond motifs is 1. The molecule has 0 spiro atoms. The molecule has 0 amide bonds. The van der Waals surface area contributed by atoms with Crippen LogP contribution in [0.3, 0.4) is 0 Å². The monoisotopic (exact) mass is 477 g/mol. The average Bonchev–Trinajstić information content (AvgIpc) is 3.11. The number of aryl methyl sites for hydroxylation is 2. The van der Waals surface area contributed by atoms with Crippen LogP contribution in [0.2, 0.25) is 0 Å². The predicted octanol–water partition coefficient (Wildman–Crippen LogP) is 7.55. The number of allylic oxidation sites excluding steroid dienone is 1. The van der Waals surface area contributed by atoms with Gasteiger partial charge in [-0.15, -0.1) is 0 Å². The molecule has 1 nitrogen and oxygen atoms in total. The maximum atomic E-state index is 14.2. The van der Waals surface area contributed by atoms with E-state index in [0.717, 1.165) is 39.2 Å². The Labute approximate surface area is 203 Å². The maximum absolute atomic E-state index is 14.2. The van der Waals surface area contributed by atoms with Crippen LogP contribution >= 0.6 is 0 Å². The van der Waals surface area contributed by atoms with Crippen molar-refractivity contribution in [2.24, 2.45) is 5.92 Å². The Hall–Kier alpha value is -2.66. The number of hydrogen-bond donors (Lipinski definition) is 0. The van der Waals surface area contributed by atoms with Crippen LogP contribution in [0.15, 0.2) is 48.7 Å². The summed E-state index contributed by atoms with van der Waals surface area (Å²) < 4.78 is 42.6. The molecule has 0 fully saturated rings. The molecule has 2 radical (unpaired) electrons. The molecule has 4 rings (SSSR count). The fourth-order valence-corrected chi connectivity index (χ4v) is 6.55. The van der Waals surface area contributed by atoms with Gasteiger partial charge >= 0.3 is 6.18 Å². The van der Waals surface area contributed by atoms with E-state index >= 15 is 0 Å². The van der Waals surface area contributed by atoms with Gasteiger partial charge in [0.2, 0.25) is 0 Å². The highest BCUT2D eigenvalue weighted by atomic mass is 28.2. The van der Waals surface area contributed by atoms with Crippen LogP contribution in [0.5, 0.6) is 0 Å². The number of halogens is 3. The van der Waals surface area contributed by atoms with Crippen molar-refractivity contribution in [2.45, 2.75) is 60.1 Å². The number of nitrogens with zero attached hydrogens (tertiary/aromatic N) is 1. The van der Waals surface area contributed by atoms with Gasteiger partial charge in [-0.2, -0.15) is 13.2 Å². The lowest BCUT2D eigenvalue weighted by Gasteiger charge is -2.20. The molecule has 34 heavy (non-hydrogen) atoms. The standard InChI is InChI=1S/C29H30F3NSi/c1-16(2)23-24-22(29(30,31)32)15-33-25(20-13-17(3)12-18(4)14-20)27(24)34-26(23)19-8-10-21(11-9-19)28(5,6)7/h8-16H,1-7H3. The van der Waals surface area contributed by atoms with E-state index in [4.69, 9.17) is 0 Å². The van der Waals surface area contributed by atoms with Gasteiger partial charge in [0.1, 0.15) is 9.52 Å². The Kier molecular flexibility index (Phi) is 6.13. The second kappa shape index (κ2) is 8.53. The third kappa shape index (κ3) is 4.50. The highest BCUT2D eigenvalue weighted by molar-refractivity contribution is 6.80. The Balaban J connectivity index is 1.96. The lowest BCUT2D eigenvalue weighted by molar-refractivity contribution is -0.137. The van der Waals surface area contributed by atoms with Crippen molar-refractivity contribution in [1.82, 2.24) is 4.98 Å². The van der Waals surface area contributed by atoms with Crippen LogP contribution in [0.4, 0.5) is 13.2 Å². The third-order valence-electron chi connectivity index (χ3n) is 6.29. The molecule has 2 heterocycles. The predicted molar refractivity (Wildman–Crippen MR) is 136 cm³/mol. The van der Waals surface area contributed by atoms with Gasteiger partial charge in [-0.1, -0.05) is 76.1 Å². The van der Waals surface area contributed by atoms with Gasteiger partial charge in [0, 0.05) is 11.8 Å². The van der Waals surface area contributed by atoms with Crippen molar-refractivity contribution in [3.8, 4) is 11.3 Å². The zero-order chi connectivity index (χ0) is 25.0. The fourth-order valence-electron chi connectivity index (χ4n) is 4.72. The van der Waals surface area contributed by atoms with Crippen molar-refractivity contribution in [3.05, 3.63) is 82.0 Å². The molecule has 0 N–H and O–H groups in total. The van der Waals surface area contributed by atoms with E-state index in [1.807, 2.05) is 39.8 Å². The molecule has 0 saturated carbocycles. The second-order valence-electron chi connectivity index (χ2n) is 10.5. The number of alkyl halides is 3. The molecule has 3 aromatic rings. The van der Waals surface area contributed by atoms with Gasteiger partial charge in [0.15, 0.2) is 0 Å². The third-order valence-corrected chi connectivity index (χ3v) is 7.83. The summed E-state index contributed by atoms with van der Waals surface area (Å²) in [5, 5.41) is 1.70. The molecule has 1 aliphatic heterocycles. The molecule has 5 heteroatoms. The number of pyridine rings is 1. The van der Waals surface area contributed by atoms with Gasteiger partial charge in [0.25, 0.3) is 0 Å².